The van der Waals surface area contributed by atoms with E-state index in [4.69, 9.17) is 0 Å². The van der Waals surface area contributed by atoms with Gasteiger partial charge >= 0.3 is 0 Å². The number of hydrogen-bond acceptors (Lipinski definition) is 6. The third kappa shape index (κ3) is 3.98. The molecule has 1 N–H and O–H groups in total. The molecule has 158 valence electrons. The van der Waals surface area contributed by atoms with Crippen molar-refractivity contribution in [1.82, 2.24) is 30.5 Å². The molecule has 0 aliphatic carbocycles. The smallest absolute Gasteiger partial charge is 0.251 e. The van der Waals surface area contributed by atoms with Gasteiger partial charge in [0, 0.05) is 18.9 Å². The lowest BCUT2D eigenvalue weighted by Crippen LogP contribution is -2.39. The Morgan fingerprint density at radius 1 is 0.969 bits per heavy atom. The number of aromatic nitrogens is 5. The Morgan fingerprint density at radius 2 is 1.75 bits per heavy atom. The number of hydrogen-bond donors (Lipinski definition) is 1. The maximum Gasteiger partial charge on any atom is 0.251 e. The van der Waals surface area contributed by atoms with E-state index in [2.05, 4.69) is 31.9 Å². The molecule has 0 saturated carbocycles. The number of fused-ring (bicyclic) bond motifs is 1. The number of anilines is 1. The van der Waals surface area contributed by atoms with Gasteiger partial charge in [-0.25, -0.2) is 0 Å². The van der Waals surface area contributed by atoms with Gasteiger partial charge in [0.25, 0.3) is 5.95 Å². The van der Waals surface area contributed by atoms with Crippen LogP contribution in [0.3, 0.4) is 0 Å². The minimum atomic E-state index is -0.175. The first kappa shape index (κ1) is 19.6. The molecular weight excluding hydrogens is 402 g/mol. The Kier molecular flexibility index (Phi) is 5.40. The Morgan fingerprint density at radius 3 is 2.50 bits per heavy atom. The molecule has 8 nitrogen and oxygen atoms in total. The third-order valence-electron chi connectivity index (χ3n) is 5.31. The summed E-state index contributed by atoms with van der Waals surface area (Å²) in [5.41, 5.74) is 3.88. The van der Waals surface area contributed by atoms with E-state index in [9.17, 15) is 4.79 Å². The van der Waals surface area contributed by atoms with Crippen LogP contribution in [0.4, 0.5) is 5.95 Å². The summed E-state index contributed by atoms with van der Waals surface area (Å²) in [6, 6.07) is 23.6. The highest BCUT2D eigenvalue weighted by Gasteiger charge is 2.31. The van der Waals surface area contributed by atoms with E-state index in [1.165, 1.54) is 0 Å². The van der Waals surface area contributed by atoms with Gasteiger partial charge in [0.15, 0.2) is 0 Å². The number of benzene rings is 2. The maximum absolute atomic E-state index is 12.9. The summed E-state index contributed by atoms with van der Waals surface area (Å²) in [6.45, 7) is 0.491. The van der Waals surface area contributed by atoms with Gasteiger partial charge in [0.05, 0.1) is 5.70 Å². The fourth-order valence-electron chi connectivity index (χ4n) is 3.77. The van der Waals surface area contributed by atoms with Crippen LogP contribution in [-0.2, 0) is 11.3 Å². The molecule has 0 spiro atoms. The minimum absolute atomic E-state index is 0.0862. The molecule has 8 heteroatoms. The van der Waals surface area contributed by atoms with Gasteiger partial charge in [-0.15, -0.1) is 0 Å². The molecule has 5 rings (SSSR count). The summed E-state index contributed by atoms with van der Waals surface area (Å²) in [6.07, 6.45) is 5.54. The van der Waals surface area contributed by atoms with Crippen molar-refractivity contribution in [2.45, 2.75) is 12.6 Å². The van der Waals surface area contributed by atoms with Gasteiger partial charge in [0.1, 0.15) is 12.6 Å². The highest BCUT2D eigenvalue weighted by Crippen LogP contribution is 2.35. The molecule has 32 heavy (non-hydrogen) atoms. The van der Waals surface area contributed by atoms with Crippen LogP contribution in [0.2, 0.25) is 0 Å². The summed E-state index contributed by atoms with van der Waals surface area (Å²) in [7, 11) is 0. The number of rotatable bonds is 6. The predicted octanol–water partition coefficient (Wildman–Crippen LogP) is 2.84. The molecule has 0 bridgehead atoms. The fourth-order valence-corrected chi connectivity index (χ4v) is 3.77. The number of pyridine rings is 1. The Labute approximate surface area is 185 Å². The monoisotopic (exact) mass is 423 g/mol. The normalized spacial score (nSPS) is 15.1. The first-order valence-electron chi connectivity index (χ1n) is 10.3. The zero-order valence-electron chi connectivity index (χ0n) is 17.2. The first-order valence-corrected chi connectivity index (χ1v) is 10.3. The second kappa shape index (κ2) is 8.81. The lowest BCUT2D eigenvalue weighted by Gasteiger charge is -2.32. The molecule has 1 aliphatic rings. The van der Waals surface area contributed by atoms with Gasteiger partial charge in [-0.2, -0.15) is 4.68 Å². The number of nitrogens with one attached hydrogen (secondary N) is 1. The van der Waals surface area contributed by atoms with Gasteiger partial charge < -0.3 is 5.32 Å². The largest absolute Gasteiger partial charge is 0.350 e. The van der Waals surface area contributed by atoms with E-state index in [1.54, 1.807) is 17.1 Å². The first-order chi connectivity index (χ1) is 15.8. The number of allylic oxidation sites excluding steroid dienone is 1. The molecule has 1 atom stereocenters. The van der Waals surface area contributed by atoms with Crippen LogP contribution in [0.5, 0.6) is 0 Å². The van der Waals surface area contributed by atoms with Crippen LogP contribution in [0.15, 0.2) is 91.3 Å². The standard InChI is InChI=1S/C24H21N7O/c32-23(26-16-18-8-7-13-25-15-18)17-30-21(19-9-3-1-4-10-19)14-22(20-11-5-2-6-12-20)31-24(30)27-28-29-31/h1-15,22H,16-17H2,(H,26,32). The van der Waals surface area contributed by atoms with Crippen LogP contribution < -0.4 is 10.2 Å². The molecule has 0 fully saturated rings. The summed E-state index contributed by atoms with van der Waals surface area (Å²) >= 11 is 0. The van der Waals surface area contributed by atoms with Crippen molar-refractivity contribution in [2.24, 2.45) is 0 Å². The van der Waals surface area contributed by atoms with Crippen molar-refractivity contribution < 1.29 is 4.79 Å². The second-order valence-electron chi connectivity index (χ2n) is 7.42. The van der Waals surface area contributed by atoms with Gasteiger partial charge in [0.2, 0.25) is 5.91 Å². The SMILES string of the molecule is O=C(CN1C(c2ccccc2)=CC(c2ccccc2)n2nnnc21)NCc1cccnc1. The van der Waals surface area contributed by atoms with Crippen LogP contribution >= 0.6 is 0 Å². The van der Waals surface area contributed by atoms with E-state index in [0.29, 0.717) is 12.5 Å². The topological polar surface area (TPSA) is 88.8 Å². The lowest BCUT2D eigenvalue weighted by molar-refractivity contribution is -0.119. The third-order valence-corrected chi connectivity index (χ3v) is 5.31. The lowest BCUT2D eigenvalue weighted by atomic mass is 10.0. The number of amides is 1. The average molecular weight is 423 g/mol. The number of nitrogens with zero attached hydrogens (tertiary/aromatic N) is 6. The maximum atomic E-state index is 12.9. The average Bonchev–Trinajstić information content (AvgIpc) is 3.35. The van der Waals surface area contributed by atoms with Crippen molar-refractivity contribution in [3.05, 3.63) is 108 Å². The molecule has 1 unspecified atom stereocenters. The van der Waals surface area contributed by atoms with Crippen molar-refractivity contribution in [2.75, 3.05) is 11.4 Å². The molecule has 0 saturated heterocycles. The van der Waals surface area contributed by atoms with E-state index in [-0.39, 0.29) is 18.5 Å². The predicted molar refractivity (Wildman–Crippen MR) is 120 cm³/mol. The Hall–Kier alpha value is -4.33. The molecule has 2 aromatic heterocycles. The summed E-state index contributed by atoms with van der Waals surface area (Å²) < 4.78 is 1.75. The molecule has 1 aliphatic heterocycles. The molecule has 2 aromatic carbocycles. The van der Waals surface area contributed by atoms with Crippen molar-refractivity contribution in [1.29, 1.82) is 0 Å². The zero-order valence-corrected chi connectivity index (χ0v) is 17.2. The van der Waals surface area contributed by atoms with Crippen molar-refractivity contribution in [3.63, 3.8) is 0 Å². The van der Waals surface area contributed by atoms with E-state index >= 15 is 0 Å². The van der Waals surface area contributed by atoms with Gasteiger partial charge in [-0.1, -0.05) is 71.8 Å². The molecule has 3 heterocycles. The van der Waals surface area contributed by atoms with Gasteiger partial charge in [-0.05, 0) is 39.3 Å². The van der Waals surface area contributed by atoms with E-state index in [0.717, 1.165) is 22.4 Å². The molecule has 0 radical (unpaired) electrons. The van der Waals surface area contributed by atoms with Gasteiger partial charge in [-0.3, -0.25) is 14.7 Å². The summed E-state index contributed by atoms with van der Waals surface area (Å²) in [5.74, 6) is 0.389. The Bertz CT molecular complexity index is 1220. The molecule has 1 amide bonds. The minimum Gasteiger partial charge on any atom is -0.350 e. The summed E-state index contributed by atoms with van der Waals surface area (Å²) in [4.78, 5) is 18.8. The number of tetrazole rings is 1. The highest BCUT2D eigenvalue weighted by atomic mass is 16.2. The number of carbonyl (C=O) groups excluding carboxylic acids is 1. The highest BCUT2D eigenvalue weighted by molar-refractivity contribution is 5.89. The van der Waals surface area contributed by atoms with Crippen LogP contribution in [0, 0.1) is 0 Å². The van der Waals surface area contributed by atoms with Crippen LogP contribution in [0.1, 0.15) is 22.7 Å². The van der Waals surface area contributed by atoms with Crippen molar-refractivity contribution >= 4 is 17.6 Å². The molecule has 4 aromatic rings. The van der Waals surface area contributed by atoms with Crippen LogP contribution in [-0.4, -0.2) is 37.6 Å². The van der Waals surface area contributed by atoms with Crippen molar-refractivity contribution in [3.8, 4) is 0 Å². The van der Waals surface area contributed by atoms with Crippen LogP contribution in [0.25, 0.3) is 5.70 Å². The zero-order chi connectivity index (χ0) is 21.8. The van der Waals surface area contributed by atoms with E-state index < -0.39 is 0 Å². The molecular formula is C24H21N7O. The summed E-state index contributed by atoms with van der Waals surface area (Å²) in [5, 5.41) is 15.3. The second-order valence-corrected chi connectivity index (χ2v) is 7.42. The van der Waals surface area contributed by atoms with E-state index in [1.807, 2.05) is 77.7 Å². The fraction of sp³-hybridized carbons (Fsp3) is 0.125. The number of carbonyl (C=O) groups is 1. The Balaban J connectivity index is 1.47. The quantitative estimate of drug-likeness (QED) is 0.513.